The summed E-state index contributed by atoms with van der Waals surface area (Å²) in [6, 6.07) is 19.3. The smallest absolute Gasteiger partial charge is 0.326 e. The molecule has 0 radical (unpaired) electrons. The summed E-state index contributed by atoms with van der Waals surface area (Å²) in [6.07, 6.45) is 0.205. The van der Waals surface area contributed by atoms with Crippen LogP contribution < -0.4 is 9.64 Å². The van der Waals surface area contributed by atoms with Crippen molar-refractivity contribution in [2.24, 2.45) is 0 Å². The summed E-state index contributed by atoms with van der Waals surface area (Å²) in [5.41, 5.74) is 2.01. The molecule has 0 aliphatic heterocycles. The van der Waals surface area contributed by atoms with Crippen molar-refractivity contribution < 1.29 is 28.6 Å². The van der Waals surface area contributed by atoms with Gasteiger partial charge in [-0.15, -0.1) is 0 Å². The predicted molar refractivity (Wildman–Crippen MR) is 133 cm³/mol. The van der Waals surface area contributed by atoms with Gasteiger partial charge in [-0.3, -0.25) is 9.69 Å². The minimum absolute atomic E-state index is 0.205. The van der Waals surface area contributed by atoms with Crippen LogP contribution in [0.4, 0.5) is 10.1 Å². The molecule has 0 saturated carbocycles. The molecule has 0 aliphatic rings. The fourth-order valence-electron chi connectivity index (χ4n) is 3.81. The first-order chi connectivity index (χ1) is 16.7. The zero-order chi connectivity index (χ0) is 25.6. The standard InChI is InChI=1S/C28H30FNO5/c1-5-25(26(31)32)30(27(33)28(2,3)35-24-16-12-22(29)13-17-24)23-14-10-21(11-15-23)20-8-6-19(7-9-20)18-34-4/h6-17,25H,5,18H2,1-4H3,(H,31,32). The highest BCUT2D eigenvalue weighted by Gasteiger charge is 2.40. The second-order valence-electron chi connectivity index (χ2n) is 8.68. The summed E-state index contributed by atoms with van der Waals surface area (Å²) >= 11 is 0. The lowest BCUT2D eigenvalue weighted by Gasteiger charge is -2.35. The zero-order valence-electron chi connectivity index (χ0n) is 20.3. The maximum atomic E-state index is 13.6. The molecule has 1 atom stereocenters. The Labute approximate surface area is 204 Å². The molecule has 0 fully saturated rings. The van der Waals surface area contributed by atoms with Crippen molar-refractivity contribution in [2.75, 3.05) is 12.0 Å². The van der Waals surface area contributed by atoms with Crippen molar-refractivity contribution in [1.29, 1.82) is 0 Å². The molecule has 1 amide bonds. The topological polar surface area (TPSA) is 76.1 Å². The van der Waals surface area contributed by atoms with E-state index in [0.29, 0.717) is 18.0 Å². The fourth-order valence-corrected chi connectivity index (χ4v) is 3.81. The van der Waals surface area contributed by atoms with Gasteiger partial charge >= 0.3 is 5.97 Å². The van der Waals surface area contributed by atoms with Crippen LogP contribution in [0.5, 0.6) is 5.75 Å². The van der Waals surface area contributed by atoms with E-state index >= 15 is 0 Å². The number of carbonyl (C=O) groups is 2. The first-order valence-electron chi connectivity index (χ1n) is 11.4. The van der Waals surface area contributed by atoms with Crippen molar-refractivity contribution in [3.05, 3.63) is 84.2 Å². The number of methoxy groups -OCH3 is 1. The molecule has 0 heterocycles. The average molecular weight is 480 g/mol. The molecule has 1 unspecified atom stereocenters. The Morgan fingerprint density at radius 1 is 0.943 bits per heavy atom. The zero-order valence-corrected chi connectivity index (χ0v) is 20.3. The normalized spacial score (nSPS) is 12.1. The Kier molecular flexibility index (Phi) is 8.25. The van der Waals surface area contributed by atoms with Gasteiger partial charge in [0.15, 0.2) is 5.60 Å². The van der Waals surface area contributed by atoms with Gasteiger partial charge in [0.25, 0.3) is 5.91 Å². The van der Waals surface area contributed by atoms with Crippen LogP contribution in [-0.2, 0) is 20.9 Å². The molecule has 0 spiro atoms. The fraction of sp³-hybridized carbons (Fsp3) is 0.286. The quantitative estimate of drug-likeness (QED) is 0.404. The van der Waals surface area contributed by atoms with Gasteiger partial charge in [-0.05, 0) is 73.4 Å². The number of rotatable bonds is 10. The Balaban J connectivity index is 1.92. The third-order valence-corrected chi connectivity index (χ3v) is 5.65. The van der Waals surface area contributed by atoms with Crippen LogP contribution in [0.15, 0.2) is 72.8 Å². The van der Waals surface area contributed by atoms with Crippen LogP contribution in [0.2, 0.25) is 0 Å². The predicted octanol–water partition coefficient (Wildman–Crippen LogP) is 5.69. The van der Waals surface area contributed by atoms with Crippen LogP contribution in [0, 0.1) is 5.82 Å². The number of hydrogen-bond acceptors (Lipinski definition) is 4. The van der Waals surface area contributed by atoms with Crippen LogP contribution in [0.3, 0.4) is 0 Å². The van der Waals surface area contributed by atoms with Crippen molar-refractivity contribution in [1.82, 2.24) is 0 Å². The molecule has 1 N–H and O–H groups in total. The average Bonchev–Trinajstić information content (AvgIpc) is 2.84. The molecule has 7 heteroatoms. The first kappa shape index (κ1) is 25.9. The van der Waals surface area contributed by atoms with E-state index in [1.54, 1.807) is 40.0 Å². The molecule has 3 aromatic carbocycles. The Morgan fingerprint density at radius 2 is 1.49 bits per heavy atom. The molecule has 6 nitrogen and oxygen atoms in total. The van der Waals surface area contributed by atoms with Gasteiger partial charge in [-0.25, -0.2) is 9.18 Å². The van der Waals surface area contributed by atoms with Crippen molar-refractivity contribution in [3.63, 3.8) is 0 Å². The van der Waals surface area contributed by atoms with Gasteiger partial charge < -0.3 is 14.6 Å². The minimum Gasteiger partial charge on any atom is -0.480 e. The lowest BCUT2D eigenvalue weighted by Crippen LogP contribution is -2.55. The lowest BCUT2D eigenvalue weighted by atomic mass is 10.0. The summed E-state index contributed by atoms with van der Waals surface area (Å²) in [6.45, 7) is 5.37. The highest BCUT2D eigenvalue weighted by atomic mass is 19.1. The number of hydrogen-bond donors (Lipinski definition) is 1. The summed E-state index contributed by atoms with van der Waals surface area (Å²) < 4.78 is 24.3. The maximum Gasteiger partial charge on any atom is 0.326 e. The molecule has 35 heavy (non-hydrogen) atoms. The monoisotopic (exact) mass is 479 g/mol. The molecular formula is C28H30FNO5. The summed E-state index contributed by atoms with van der Waals surface area (Å²) in [4.78, 5) is 27.0. The Hall–Kier alpha value is -3.71. The number of amides is 1. The summed E-state index contributed by atoms with van der Waals surface area (Å²) in [5, 5.41) is 9.86. The molecule has 0 bridgehead atoms. The number of carboxylic acids is 1. The first-order valence-corrected chi connectivity index (χ1v) is 11.4. The molecule has 3 aromatic rings. The van der Waals surface area contributed by atoms with Crippen LogP contribution in [-0.4, -0.2) is 35.7 Å². The number of halogens is 1. The largest absolute Gasteiger partial charge is 0.480 e. The summed E-state index contributed by atoms with van der Waals surface area (Å²) in [7, 11) is 1.65. The lowest BCUT2D eigenvalue weighted by molar-refractivity contribution is -0.142. The van der Waals surface area contributed by atoms with Gasteiger partial charge in [0.1, 0.15) is 17.6 Å². The summed E-state index contributed by atoms with van der Waals surface area (Å²) in [5.74, 6) is -1.75. The van der Waals surface area contributed by atoms with E-state index in [9.17, 15) is 19.1 Å². The Morgan fingerprint density at radius 3 is 1.97 bits per heavy atom. The number of carboxylic acid groups (broad SMARTS) is 1. The van der Waals surface area contributed by atoms with E-state index in [1.807, 2.05) is 36.4 Å². The van der Waals surface area contributed by atoms with Gasteiger partial charge in [0, 0.05) is 12.8 Å². The molecular weight excluding hydrogens is 449 g/mol. The molecule has 3 rings (SSSR count). The van der Waals surface area contributed by atoms with E-state index in [0.717, 1.165) is 16.7 Å². The van der Waals surface area contributed by atoms with Crippen LogP contribution in [0.25, 0.3) is 11.1 Å². The van der Waals surface area contributed by atoms with Crippen molar-refractivity contribution in [3.8, 4) is 16.9 Å². The third kappa shape index (κ3) is 6.25. The number of aliphatic carboxylic acids is 1. The number of benzene rings is 3. The third-order valence-electron chi connectivity index (χ3n) is 5.65. The number of nitrogens with zero attached hydrogens (tertiary/aromatic N) is 1. The maximum absolute atomic E-state index is 13.6. The minimum atomic E-state index is -1.41. The molecule has 184 valence electrons. The van der Waals surface area contributed by atoms with Gasteiger partial charge in [0.2, 0.25) is 0 Å². The van der Waals surface area contributed by atoms with E-state index in [1.165, 1.54) is 29.2 Å². The Bertz CT molecular complexity index is 1140. The SMILES string of the molecule is CCC(C(=O)O)N(C(=O)C(C)(C)Oc1ccc(F)cc1)c1ccc(-c2ccc(COC)cc2)cc1. The number of ether oxygens (including phenoxy) is 2. The highest BCUT2D eigenvalue weighted by molar-refractivity contribution is 6.03. The number of carbonyl (C=O) groups excluding carboxylic acids is 1. The second kappa shape index (κ2) is 11.1. The van der Waals surface area contributed by atoms with E-state index < -0.39 is 29.3 Å². The molecule has 0 saturated heterocycles. The van der Waals surface area contributed by atoms with Crippen molar-refractivity contribution >= 4 is 17.6 Å². The van der Waals surface area contributed by atoms with Crippen LogP contribution in [0.1, 0.15) is 32.8 Å². The molecule has 0 aromatic heterocycles. The van der Waals surface area contributed by atoms with Crippen LogP contribution >= 0.6 is 0 Å². The van der Waals surface area contributed by atoms with E-state index in [4.69, 9.17) is 9.47 Å². The second-order valence-corrected chi connectivity index (χ2v) is 8.68. The van der Waals surface area contributed by atoms with Gasteiger partial charge in [-0.1, -0.05) is 43.3 Å². The highest BCUT2D eigenvalue weighted by Crippen LogP contribution is 2.29. The number of anilines is 1. The van der Waals surface area contributed by atoms with Crippen molar-refractivity contribution in [2.45, 2.75) is 45.4 Å². The van der Waals surface area contributed by atoms with E-state index in [-0.39, 0.29) is 6.42 Å². The van der Waals surface area contributed by atoms with Gasteiger partial charge in [0.05, 0.1) is 6.61 Å². The molecule has 0 aliphatic carbocycles. The van der Waals surface area contributed by atoms with E-state index in [2.05, 4.69) is 0 Å². The van der Waals surface area contributed by atoms with Gasteiger partial charge in [-0.2, -0.15) is 0 Å².